The third-order valence-electron chi connectivity index (χ3n) is 4.93. The molecule has 0 saturated carbocycles. The van der Waals surface area contributed by atoms with Gasteiger partial charge in [-0.25, -0.2) is 9.37 Å². The highest BCUT2D eigenvalue weighted by molar-refractivity contribution is 5.28. The summed E-state index contributed by atoms with van der Waals surface area (Å²) in [7, 11) is 0. The van der Waals surface area contributed by atoms with E-state index in [1.54, 1.807) is 6.07 Å². The normalized spacial score (nSPS) is 23.8. The molecule has 3 rings (SSSR count). The quantitative estimate of drug-likeness (QED) is 0.942. The third kappa shape index (κ3) is 3.62. The topological polar surface area (TPSA) is 41.3 Å². The Balaban J connectivity index is 1.67. The predicted molar refractivity (Wildman–Crippen MR) is 87.6 cm³/mol. The van der Waals surface area contributed by atoms with Gasteiger partial charge in [0.25, 0.3) is 0 Å². The number of piperidine rings is 1. The van der Waals surface area contributed by atoms with Crippen molar-refractivity contribution in [3.8, 4) is 0 Å². The molecule has 2 heterocycles. The summed E-state index contributed by atoms with van der Waals surface area (Å²) in [4.78, 5) is 6.43. The molecule has 3 unspecified atom stereocenters. The number of aliphatic hydroxyl groups excluding tert-OH is 1. The zero-order valence-corrected chi connectivity index (χ0v) is 13.7. The molecule has 1 aromatic carbocycles. The molecular formula is C18H24FN3O. The highest BCUT2D eigenvalue weighted by Gasteiger charge is 2.28. The highest BCUT2D eigenvalue weighted by Crippen LogP contribution is 2.29. The van der Waals surface area contributed by atoms with Gasteiger partial charge >= 0.3 is 0 Å². The second kappa shape index (κ2) is 6.81. The number of rotatable bonds is 4. The Hall–Kier alpha value is -1.72. The van der Waals surface area contributed by atoms with Gasteiger partial charge in [0.05, 0.1) is 12.4 Å². The number of halogens is 1. The molecule has 0 radical (unpaired) electrons. The molecule has 0 bridgehead atoms. The van der Waals surface area contributed by atoms with Crippen molar-refractivity contribution in [3.63, 3.8) is 0 Å². The number of aromatic nitrogens is 2. The van der Waals surface area contributed by atoms with Crippen LogP contribution in [0.4, 0.5) is 4.39 Å². The number of benzene rings is 1. The number of aliphatic hydroxyl groups is 1. The van der Waals surface area contributed by atoms with Gasteiger partial charge in [0, 0.05) is 31.5 Å². The first kappa shape index (κ1) is 16.1. The summed E-state index contributed by atoms with van der Waals surface area (Å²) in [6, 6.07) is 4.96. The van der Waals surface area contributed by atoms with Crippen molar-refractivity contribution in [2.75, 3.05) is 19.6 Å². The Morgan fingerprint density at radius 3 is 2.96 bits per heavy atom. The molecule has 0 aliphatic carbocycles. The minimum atomic E-state index is -0.590. The van der Waals surface area contributed by atoms with E-state index in [1.807, 2.05) is 25.6 Å². The van der Waals surface area contributed by atoms with E-state index in [2.05, 4.69) is 21.4 Å². The van der Waals surface area contributed by atoms with Crippen LogP contribution in [0.2, 0.25) is 0 Å². The summed E-state index contributed by atoms with van der Waals surface area (Å²) in [5.74, 6) is 0.329. The fraction of sp³-hybridized carbons (Fsp3) is 0.500. The standard InChI is InChI=1S/C18H24FN3O/c1-13-5-7-21(10-17(13)22-8-6-20-12-22)11-18(23)16-4-3-15(19)9-14(16)2/h3-4,6,8-9,12-13,17-18,23H,5,7,10-11H2,1-2H3. The minimum Gasteiger partial charge on any atom is -0.387 e. The molecule has 2 aromatic rings. The maximum atomic E-state index is 13.2. The lowest BCUT2D eigenvalue weighted by Crippen LogP contribution is -2.42. The summed E-state index contributed by atoms with van der Waals surface area (Å²) in [6.45, 7) is 6.56. The van der Waals surface area contributed by atoms with Crippen molar-refractivity contribution in [2.24, 2.45) is 5.92 Å². The van der Waals surface area contributed by atoms with Crippen molar-refractivity contribution in [1.82, 2.24) is 14.5 Å². The summed E-state index contributed by atoms with van der Waals surface area (Å²) < 4.78 is 15.4. The van der Waals surface area contributed by atoms with Gasteiger partial charge in [-0.15, -0.1) is 0 Å². The van der Waals surface area contributed by atoms with E-state index < -0.39 is 6.10 Å². The largest absolute Gasteiger partial charge is 0.387 e. The minimum absolute atomic E-state index is 0.259. The number of β-amino-alcohol motifs (C(OH)–C–C–N with tert-alkyl or cyclic N) is 1. The molecule has 1 fully saturated rings. The summed E-state index contributed by atoms with van der Waals surface area (Å²) in [5, 5.41) is 10.5. The van der Waals surface area contributed by atoms with Crippen molar-refractivity contribution < 1.29 is 9.50 Å². The number of imidazole rings is 1. The first-order chi connectivity index (χ1) is 11.0. The molecule has 1 aliphatic rings. The summed E-state index contributed by atoms with van der Waals surface area (Å²) in [5.41, 5.74) is 1.61. The first-order valence-electron chi connectivity index (χ1n) is 8.18. The van der Waals surface area contributed by atoms with Gasteiger partial charge in [0.1, 0.15) is 5.82 Å². The average molecular weight is 317 g/mol. The smallest absolute Gasteiger partial charge is 0.123 e. The molecule has 4 nitrogen and oxygen atoms in total. The molecule has 1 aromatic heterocycles. The molecule has 5 heteroatoms. The van der Waals surface area contributed by atoms with E-state index >= 15 is 0 Å². The molecule has 1 saturated heterocycles. The lowest BCUT2D eigenvalue weighted by Gasteiger charge is -2.38. The molecule has 0 amide bonds. The Labute approximate surface area is 136 Å². The zero-order valence-electron chi connectivity index (χ0n) is 13.7. The first-order valence-corrected chi connectivity index (χ1v) is 8.18. The fourth-order valence-electron chi connectivity index (χ4n) is 3.49. The van der Waals surface area contributed by atoms with Crippen LogP contribution >= 0.6 is 0 Å². The van der Waals surface area contributed by atoms with Crippen molar-refractivity contribution >= 4 is 0 Å². The SMILES string of the molecule is Cc1cc(F)ccc1C(O)CN1CCC(C)C(n2ccnc2)C1. The van der Waals surface area contributed by atoms with Crippen LogP contribution in [0.15, 0.2) is 36.9 Å². The average Bonchev–Trinajstić information content (AvgIpc) is 3.03. The van der Waals surface area contributed by atoms with Gasteiger partial charge in [-0.3, -0.25) is 4.90 Å². The number of likely N-dealkylation sites (tertiary alicyclic amines) is 1. The van der Waals surface area contributed by atoms with Crippen LogP contribution < -0.4 is 0 Å². The lowest BCUT2D eigenvalue weighted by molar-refractivity contribution is 0.0683. The van der Waals surface area contributed by atoms with E-state index in [0.29, 0.717) is 18.5 Å². The molecule has 124 valence electrons. The van der Waals surface area contributed by atoms with Crippen molar-refractivity contribution in [3.05, 3.63) is 53.9 Å². The lowest BCUT2D eigenvalue weighted by atomic mass is 9.92. The van der Waals surface area contributed by atoms with Gasteiger partial charge in [0.2, 0.25) is 0 Å². The maximum absolute atomic E-state index is 13.2. The Morgan fingerprint density at radius 2 is 2.26 bits per heavy atom. The third-order valence-corrected chi connectivity index (χ3v) is 4.93. The number of nitrogens with zero attached hydrogens (tertiary/aromatic N) is 3. The van der Waals surface area contributed by atoms with E-state index in [4.69, 9.17) is 0 Å². The van der Waals surface area contributed by atoms with E-state index in [-0.39, 0.29) is 5.82 Å². The van der Waals surface area contributed by atoms with Crippen LogP contribution in [0, 0.1) is 18.7 Å². The molecule has 1 aliphatic heterocycles. The van der Waals surface area contributed by atoms with Crippen molar-refractivity contribution in [1.29, 1.82) is 0 Å². The maximum Gasteiger partial charge on any atom is 0.123 e. The van der Waals surface area contributed by atoms with Gasteiger partial charge in [-0.05, 0) is 49.1 Å². The predicted octanol–water partition coefficient (Wildman–Crippen LogP) is 2.95. The van der Waals surface area contributed by atoms with Crippen molar-refractivity contribution in [2.45, 2.75) is 32.4 Å². The molecule has 1 N–H and O–H groups in total. The monoisotopic (exact) mass is 317 g/mol. The van der Waals surface area contributed by atoms with Crippen LogP contribution in [-0.2, 0) is 0 Å². The molecule has 0 spiro atoms. The zero-order chi connectivity index (χ0) is 16.4. The fourth-order valence-corrected chi connectivity index (χ4v) is 3.49. The number of hydrogen-bond acceptors (Lipinski definition) is 3. The second-order valence-electron chi connectivity index (χ2n) is 6.62. The van der Waals surface area contributed by atoms with Gasteiger partial charge in [-0.1, -0.05) is 13.0 Å². The van der Waals surface area contributed by atoms with Crippen LogP contribution in [0.3, 0.4) is 0 Å². The van der Waals surface area contributed by atoms with Crippen LogP contribution in [-0.4, -0.2) is 39.2 Å². The molecule has 3 atom stereocenters. The highest BCUT2D eigenvalue weighted by atomic mass is 19.1. The Bertz CT molecular complexity index is 644. The van der Waals surface area contributed by atoms with E-state index in [1.165, 1.54) is 12.1 Å². The van der Waals surface area contributed by atoms with E-state index in [0.717, 1.165) is 30.6 Å². The van der Waals surface area contributed by atoms with Crippen LogP contribution in [0.1, 0.15) is 36.6 Å². The van der Waals surface area contributed by atoms with Gasteiger partial charge in [0.15, 0.2) is 0 Å². The van der Waals surface area contributed by atoms with Crippen LogP contribution in [0.25, 0.3) is 0 Å². The Morgan fingerprint density at radius 1 is 1.43 bits per heavy atom. The van der Waals surface area contributed by atoms with Gasteiger partial charge in [-0.2, -0.15) is 0 Å². The summed E-state index contributed by atoms with van der Waals surface area (Å²) in [6.07, 6.45) is 6.18. The number of hydrogen-bond donors (Lipinski definition) is 1. The second-order valence-corrected chi connectivity index (χ2v) is 6.62. The number of aryl methyl sites for hydroxylation is 1. The summed E-state index contributed by atoms with van der Waals surface area (Å²) >= 11 is 0. The Kier molecular flexibility index (Phi) is 4.78. The van der Waals surface area contributed by atoms with Crippen LogP contribution in [0.5, 0.6) is 0 Å². The molecule has 23 heavy (non-hydrogen) atoms. The molecular weight excluding hydrogens is 293 g/mol. The van der Waals surface area contributed by atoms with E-state index in [9.17, 15) is 9.50 Å². The van der Waals surface area contributed by atoms with Gasteiger partial charge < -0.3 is 9.67 Å².